The summed E-state index contributed by atoms with van der Waals surface area (Å²) in [5.74, 6) is 0. The van der Waals surface area contributed by atoms with E-state index in [0.29, 0.717) is 12.5 Å². The Morgan fingerprint density at radius 1 is 1.39 bits per heavy atom. The summed E-state index contributed by atoms with van der Waals surface area (Å²) in [6.07, 6.45) is 7.39. The molecular formula is C15H24N2O. The maximum Gasteiger partial charge on any atom is 0.0957 e. The highest BCUT2D eigenvalue weighted by Crippen LogP contribution is 2.24. The number of anilines is 1. The predicted molar refractivity (Wildman–Crippen MR) is 74.8 cm³/mol. The van der Waals surface area contributed by atoms with Crippen LogP contribution < -0.4 is 4.90 Å². The average molecular weight is 248 g/mol. The van der Waals surface area contributed by atoms with Crippen molar-refractivity contribution in [2.24, 2.45) is 0 Å². The molecular weight excluding hydrogens is 224 g/mol. The molecule has 1 saturated heterocycles. The second-order valence-corrected chi connectivity index (χ2v) is 5.26. The first kappa shape index (κ1) is 13.3. The molecule has 1 fully saturated rings. The zero-order chi connectivity index (χ0) is 13.0. The SMILES string of the molecule is CCC(O)c1ccc(N2CCCCCC2C)cn1. The molecule has 1 aromatic heterocycles. The van der Waals surface area contributed by atoms with Gasteiger partial charge in [-0.25, -0.2) is 0 Å². The fourth-order valence-corrected chi connectivity index (χ4v) is 2.63. The van der Waals surface area contributed by atoms with E-state index in [-0.39, 0.29) is 0 Å². The summed E-state index contributed by atoms with van der Waals surface area (Å²) in [5, 5.41) is 9.75. The van der Waals surface area contributed by atoms with Gasteiger partial charge < -0.3 is 10.0 Å². The summed E-state index contributed by atoms with van der Waals surface area (Å²) in [6.45, 7) is 5.38. The van der Waals surface area contributed by atoms with E-state index >= 15 is 0 Å². The fourth-order valence-electron chi connectivity index (χ4n) is 2.63. The highest BCUT2D eigenvalue weighted by molar-refractivity contribution is 5.45. The highest BCUT2D eigenvalue weighted by atomic mass is 16.3. The van der Waals surface area contributed by atoms with Gasteiger partial charge in [0.05, 0.1) is 23.7 Å². The molecule has 3 heteroatoms. The Morgan fingerprint density at radius 2 is 2.22 bits per heavy atom. The van der Waals surface area contributed by atoms with Gasteiger partial charge in [0.15, 0.2) is 0 Å². The van der Waals surface area contributed by atoms with Crippen LogP contribution >= 0.6 is 0 Å². The van der Waals surface area contributed by atoms with Gasteiger partial charge in [-0.15, -0.1) is 0 Å². The second kappa shape index (κ2) is 6.19. The minimum absolute atomic E-state index is 0.430. The molecule has 2 atom stereocenters. The molecule has 0 aliphatic carbocycles. The molecule has 100 valence electrons. The molecule has 1 aliphatic heterocycles. The molecule has 3 nitrogen and oxygen atoms in total. The van der Waals surface area contributed by atoms with E-state index in [1.165, 1.54) is 31.4 Å². The quantitative estimate of drug-likeness (QED) is 0.891. The number of pyridine rings is 1. The van der Waals surface area contributed by atoms with Gasteiger partial charge in [-0.05, 0) is 38.3 Å². The van der Waals surface area contributed by atoms with Crippen LogP contribution in [0.2, 0.25) is 0 Å². The molecule has 1 aromatic rings. The van der Waals surface area contributed by atoms with Crippen molar-refractivity contribution in [1.82, 2.24) is 4.98 Å². The van der Waals surface area contributed by atoms with Crippen LogP contribution in [0.5, 0.6) is 0 Å². The summed E-state index contributed by atoms with van der Waals surface area (Å²) in [6, 6.07) is 4.65. The van der Waals surface area contributed by atoms with Gasteiger partial charge in [-0.3, -0.25) is 4.98 Å². The van der Waals surface area contributed by atoms with Gasteiger partial charge in [-0.1, -0.05) is 19.8 Å². The third-order valence-corrected chi connectivity index (χ3v) is 3.88. The van der Waals surface area contributed by atoms with Crippen LogP contribution in [0.25, 0.3) is 0 Å². The number of rotatable bonds is 3. The van der Waals surface area contributed by atoms with Crippen molar-refractivity contribution in [3.63, 3.8) is 0 Å². The summed E-state index contributed by atoms with van der Waals surface area (Å²) >= 11 is 0. The maximum atomic E-state index is 9.75. The van der Waals surface area contributed by atoms with E-state index in [1.807, 2.05) is 19.2 Å². The van der Waals surface area contributed by atoms with Crippen molar-refractivity contribution in [3.05, 3.63) is 24.0 Å². The van der Waals surface area contributed by atoms with E-state index in [0.717, 1.165) is 12.2 Å². The number of nitrogens with zero attached hydrogens (tertiary/aromatic N) is 2. The first-order chi connectivity index (χ1) is 8.72. The summed E-state index contributed by atoms with van der Waals surface area (Å²) in [4.78, 5) is 6.84. The molecule has 0 spiro atoms. The lowest BCUT2D eigenvalue weighted by Crippen LogP contribution is -2.32. The Hall–Kier alpha value is -1.09. The van der Waals surface area contributed by atoms with E-state index in [9.17, 15) is 5.11 Å². The summed E-state index contributed by atoms with van der Waals surface area (Å²) in [7, 11) is 0. The Morgan fingerprint density at radius 3 is 2.89 bits per heavy atom. The van der Waals surface area contributed by atoms with Crippen molar-refractivity contribution in [2.45, 2.75) is 58.1 Å². The monoisotopic (exact) mass is 248 g/mol. The van der Waals surface area contributed by atoms with E-state index in [4.69, 9.17) is 0 Å². The number of aliphatic hydroxyl groups is 1. The summed E-state index contributed by atoms with van der Waals surface area (Å²) < 4.78 is 0. The van der Waals surface area contributed by atoms with Crippen LogP contribution in [0.4, 0.5) is 5.69 Å². The Bertz CT molecular complexity index is 363. The first-order valence-electron chi connectivity index (χ1n) is 7.13. The average Bonchev–Trinajstić information content (AvgIpc) is 2.63. The third-order valence-electron chi connectivity index (χ3n) is 3.88. The van der Waals surface area contributed by atoms with Crippen LogP contribution in [0, 0.1) is 0 Å². The van der Waals surface area contributed by atoms with Gasteiger partial charge in [-0.2, -0.15) is 0 Å². The lowest BCUT2D eigenvalue weighted by atomic mass is 10.1. The van der Waals surface area contributed by atoms with E-state index < -0.39 is 6.10 Å². The fraction of sp³-hybridized carbons (Fsp3) is 0.667. The van der Waals surface area contributed by atoms with Crippen LogP contribution in [0.3, 0.4) is 0 Å². The van der Waals surface area contributed by atoms with Crippen molar-refractivity contribution in [3.8, 4) is 0 Å². The smallest absolute Gasteiger partial charge is 0.0957 e. The molecule has 0 bridgehead atoms. The molecule has 1 N–H and O–H groups in total. The molecule has 0 aromatic carbocycles. The van der Waals surface area contributed by atoms with Crippen LogP contribution in [0.1, 0.15) is 57.7 Å². The van der Waals surface area contributed by atoms with Crippen LogP contribution in [-0.4, -0.2) is 22.7 Å². The molecule has 2 unspecified atom stereocenters. The standard InChI is InChI=1S/C15H24N2O/c1-3-15(18)14-9-8-13(11-16-14)17-10-6-4-5-7-12(17)2/h8-9,11-12,15,18H,3-7,10H2,1-2H3. The predicted octanol–water partition coefficient (Wildman–Crippen LogP) is 3.29. The largest absolute Gasteiger partial charge is 0.387 e. The van der Waals surface area contributed by atoms with Crippen molar-refractivity contribution >= 4 is 5.69 Å². The minimum Gasteiger partial charge on any atom is -0.387 e. The zero-order valence-corrected chi connectivity index (χ0v) is 11.5. The lowest BCUT2D eigenvalue weighted by molar-refractivity contribution is 0.169. The van der Waals surface area contributed by atoms with Gasteiger partial charge in [0.1, 0.15) is 0 Å². The Labute approximate surface area is 110 Å². The first-order valence-corrected chi connectivity index (χ1v) is 7.13. The maximum absolute atomic E-state index is 9.75. The molecule has 2 heterocycles. The highest BCUT2D eigenvalue weighted by Gasteiger charge is 2.17. The Balaban J connectivity index is 2.12. The molecule has 18 heavy (non-hydrogen) atoms. The lowest BCUT2D eigenvalue weighted by Gasteiger charge is -2.29. The number of aliphatic hydroxyl groups excluding tert-OH is 1. The van der Waals surface area contributed by atoms with Gasteiger partial charge >= 0.3 is 0 Å². The number of aromatic nitrogens is 1. The molecule has 2 rings (SSSR count). The summed E-state index contributed by atoms with van der Waals surface area (Å²) in [5.41, 5.74) is 1.97. The molecule has 0 amide bonds. The number of hydrogen-bond donors (Lipinski definition) is 1. The van der Waals surface area contributed by atoms with Crippen LogP contribution in [-0.2, 0) is 0 Å². The van der Waals surface area contributed by atoms with Gasteiger partial charge in [0.25, 0.3) is 0 Å². The molecule has 0 saturated carbocycles. The number of hydrogen-bond acceptors (Lipinski definition) is 3. The van der Waals surface area contributed by atoms with Crippen molar-refractivity contribution in [2.75, 3.05) is 11.4 Å². The van der Waals surface area contributed by atoms with Crippen molar-refractivity contribution in [1.29, 1.82) is 0 Å². The van der Waals surface area contributed by atoms with Gasteiger partial charge in [0.2, 0.25) is 0 Å². The van der Waals surface area contributed by atoms with Gasteiger partial charge in [0, 0.05) is 12.6 Å². The van der Waals surface area contributed by atoms with E-state index in [2.05, 4.69) is 22.9 Å². The zero-order valence-electron chi connectivity index (χ0n) is 11.5. The van der Waals surface area contributed by atoms with Crippen molar-refractivity contribution < 1.29 is 5.11 Å². The van der Waals surface area contributed by atoms with Crippen LogP contribution in [0.15, 0.2) is 18.3 Å². The minimum atomic E-state index is -0.430. The normalized spacial score (nSPS) is 22.6. The molecule has 1 aliphatic rings. The molecule has 0 radical (unpaired) electrons. The van der Waals surface area contributed by atoms with E-state index in [1.54, 1.807) is 0 Å². The Kier molecular flexibility index (Phi) is 4.59. The topological polar surface area (TPSA) is 36.4 Å². The third kappa shape index (κ3) is 3.02. The second-order valence-electron chi connectivity index (χ2n) is 5.26.